The molecule has 7 aliphatic rings. The highest BCUT2D eigenvalue weighted by atomic mass is 19.4. The molecular weight excluding hydrogens is 1460 g/mol. The number of aliphatic hydroxyl groups excluding tert-OH is 1. The SMILES string of the molecule is CC(C)C(O)c1ccccc1.CC(C)CC1CCCCC1.CC(C)Cc1ccccc1.CC(C)N(C)C(C)(C)C.CC(C)N(C)C1CCC1.CC(C)NC(C)(C)C.CC(C)NC(C)(C)C(C)C.CC(C)NC(C)(C)C(F)(F)F.CC(C)NC(C)C(C)(C)C.CC(C)NC1CC2CCC1C2.CC(C)NC1CC2CCC1C2.CC(C)NC1CCC1. The Labute approximate surface area is 736 Å². The lowest BCUT2D eigenvalue weighted by Crippen LogP contribution is -2.54. The molecular formula is C105H210F3N9O. The molecule has 118 heavy (non-hydrogen) atoms. The first-order chi connectivity index (χ1) is 53.9. The first-order valence-electron chi connectivity index (χ1n) is 48.6. The Hall–Kier alpha value is -2.17. The molecule has 2 aromatic carbocycles. The predicted octanol–water partition coefficient (Wildman–Crippen LogP) is 27.7. The normalized spacial score (nSPS) is 20.6. The molecule has 8 atom stereocenters. The number of nitrogens with zero attached hydrogens (tertiary/aromatic N) is 2. The quantitative estimate of drug-likeness (QED) is 0.0548. The fourth-order valence-corrected chi connectivity index (χ4v) is 16.3. The molecule has 0 saturated heterocycles. The van der Waals surface area contributed by atoms with E-state index in [0.29, 0.717) is 65.2 Å². The maximum Gasteiger partial charge on any atom is 0.406 e. The van der Waals surface area contributed by atoms with Crippen molar-refractivity contribution in [1.82, 2.24) is 47.0 Å². The first-order valence-corrected chi connectivity index (χ1v) is 48.6. The summed E-state index contributed by atoms with van der Waals surface area (Å²) in [5.74, 6) is 7.96. The highest BCUT2D eigenvalue weighted by molar-refractivity contribution is 5.18. The molecule has 0 heterocycles. The summed E-state index contributed by atoms with van der Waals surface area (Å²) in [5.41, 5.74) is 1.89. The van der Waals surface area contributed by atoms with Crippen molar-refractivity contribution in [2.24, 2.45) is 58.7 Å². The van der Waals surface area contributed by atoms with E-state index in [-0.39, 0.29) is 29.1 Å². The zero-order valence-corrected chi connectivity index (χ0v) is 86.5. The molecule has 0 aliphatic heterocycles. The van der Waals surface area contributed by atoms with Crippen LogP contribution in [0.15, 0.2) is 60.7 Å². The molecule has 7 saturated carbocycles. The third-order valence-corrected chi connectivity index (χ3v) is 24.4. The molecule has 7 aliphatic carbocycles. The lowest BCUT2D eigenvalue weighted by atomic mass is 9.84. The summed E-state index contributed by atoms with van der Waals surface area (Å²) in [6, 6.07) is 29.5. The molecule has 2 aromatic rings. The van der Waals surface area contributed by atoms with Crippen molar-refractivity contribution in [2.45, 2.75) is 531 Å². The Morgan fingerprint density at radius 3 is 1.04 bits per heavy atom. The van der Waals surface area contributed by atoms with E-state index in [0.717, 1.165) is 91.0 Å². The maximum absolute atomic E-state index is 12.1. The Balaban J connectivity index is -0.00000122. The van der Waals surface area contributed by atoms with E-state index in [1.807, 2.05) is 44.2 Å². The van der Waals surface area contributed by atoms with Gasteiger partial charge in [0, 0.05) is 101 Å². The molecule has 0 aromatic heterocycles. The van der Waals surface area contributed by atoms with E-state index in [1.165, 1.54) is 140 Å². The van der Waals surface area contributed by atoms with Crippen LogP contribution >= 0.6 is 0 Å². The van der Waals surface area contributed by atoms with E-state index in [1.54, 1.807) is 13.8 Å². The highest BCUT2D eigenvalue weighted by Gasteiger charge is 2.47. The van der Waals surface area contributed by atoms with Gasteiger partial charge in [-0.25, -0.2) is 0 Å². The van der Waals surface area contributed by atoms with Crippen LogP contribution in [0.2, 0.25) is 0 Å². The second-order valence-electron chi connectivity index (χ2n) is 45.2. The second-order valence-corrected chi connectivity index (χ2v) is 45.2. The van der Waals surface area contributed by atoms with E-state index in [2.05, 4.69) is 327 Å². The third-order valence-electron chi connectivity index (χ3n) is 24.4. The largest absolute Gasteiger partial charge is 0.406 e. The van der Waals surface area contributed by atoms with E-state index >= 15 is 0 Å². The number of hydrogen-bond donors (Lipinski definition) is 8. The van der Waals surface area contributed by atoms with Gasteiger partial charge in [-0.15, -0.1) is 0 Å². The Bertz CT molecular complexity index is 2580. The molecule has 13 heteroatoms. The van der Waals surface area contributed by atoms with Crippen LogP contribution in [0.1, 0.15) is 423 Å². The third kappa shape index (κ3) is 61.2. The van der Waals surface area contributed by atoms with Crippen LogP contribution < -0.4 is 37.2 Å². The van der Waals surface area contributed by atoms with Crippen molar-refractivity contribution in [3.05, 3.63) is 71.8 Å². The summed E-state index contributed by atoms with van der Waals surface area (Å²) >= 11 is 0. The van der Waals surface area contributed by atoms with E-state index < -0.39 is 11.7 Å². The zero-order valence-electron chi connectivity index (χ0n) is 86.5. The van der Waals surface area contributed by atoms with Crippen molar-refractivity contribution in [3.8, 4) is 0 Å². The molecule has 7 fully saturated rings. The molecule has 0 radical (unpaired) electrons. The van der Waals surface area contributed by atoms with Gasteiger partial charge in [0.2, 0.25) is 0 Å². The molecule has 8 unspecified atom stereocenters. The fourth-order valence-electron chi connectivity index (χ4n) is 16.3. The van der Waals surface area contributed by atoms with Gasteiger partial charge in [-0.3, -0.25) is 4.90 Å². The number of halogens is 3. The van der Waals surface area contributed by atoms with Crippen LogP contribution in [-0.2, 0) is 6.42 Å². The smallest absolute Gasteiger partial charge is 0.388 e. The van der Waals surface area contributed by atoms with Gasteiger partial charge in [-0.05, 0) is 265 Å². The van der Waals surface area contributed by atoms with Crippen LogP contribution in [0.3, 0.4) is 0 Å². The summed E-state index contributed by atoms with van der Waals surface area (Å²) in [6.07, 6.45) is 26.2. The van der Waals surface area contributed by atoms with Gasteiger partial charge in [-0.2, -0.15) is 13.2 Å². The number of nitrogens with one attached hydrogen (secondary N) is 7. The maximum atomic E-state index is 12.1. The van der Waals surface area contributed by atoms with Gasteiger partial charge < -0.3 is 47.2 Å². The summed E-state index contributed by atoms with van der Waals surface area (Å²) in [7, 11) is 4.39. The predicted molar refractivity (Wildman–Crippen MR) is 522 cm³/mol. The van der Waals surface area contributed by atoms with Crippen molar-refractivity contribution in [1.29, 1.82) is 0 Å². The summed E-state index contributed by atoms with van der Waals surface area (Å²) in [4.78, 5) is 4.83. The molecule has 4 bridgehead atoms. The van der Waals surface area contributed by atoms with Crippen LogP contribution in [-0.4, -0.2) is 142 Å². The Morgan fingerprint density at radius 1 is 0.424 bits per heavy atom. The van der Waals surface area contributed by atoms with Crippen LogP contribution in [0.4, 0.5) is 13.2 Å². The van der Waals surface area contributed by atoms with Gasteiger partial charge >= 0.3 is 6.18 Å². The first kappa shape index (κ1) is 120. The number of hydrogen-bond acceptors (Lipinski definition) is 10. The van der Waals surface area contributed by atoms with Crippen LogP contribution in [0.5, 0.6) is 0 Å². The molecule has 9 rings (SSSR count). The second kappa shape index (κ2) is 61.3. The monoisotopic (exact) mass is 1670 g/mol. The lowest BCUT2D eigenvalue weighted by Gasteiger charge is -2.37. The van der Waals surface area contributed by atoms with Gasteiger partial charge in [0.25, 0.3) is 0 Å². The minimum absolute atomic E-state index is 0.161. The lowest BCUT2D eigenvalue weighted by molar-refractivity contribution is -0.187. The highest BCUT2D eigenvalue weighted by Crippen LogP contribution is 2.46. The summed E-state index contributed by atoms with van der Waals surface area (Å²) < 4.78 is 36.4. The topological polar surface area (TPSA) is 111 Å². The minimum atomic E-state index is -4.18. The molecule has 0 spiro atoms. The molecule has 0 amide bonds. The van der Waals surface area contributed by atoms with Crippen molar-refractivity contribution >= 4 is 0 Å². The number of benzene rings is 2. The molecule has 8 N–H and O–H groups in total. The van der Waals surface area contributed by atoms with Gasteiger partial charge in [0.1, 0.15) is 5.54 Å². The van der Waals surface area contributed by atoms with E-state index in [9.17, 15) is 18.3 Å². The summed E-state index contributed by atoms with van der Waals surface area (Å²) in [5, 5.41) is 33.2. The van der Waals surface area contributed by atoms with Crippen molar-refractivity contribution in [3.63, 3.8) is 0 Å². The Morgan fingerprint density at radius 2 is 0.839 bits per heavy atom. The standard InChI is InChI=1S/2C10H19N.C10H14O.C10H20.C10H14.2C9H21N.C8H17N.C8H19N.C7H14F3N.C7H15N.C7H17N/c2*1-7(2)11-10-6-8-3-4-9(10)5-8;1-8(2)10(11)9-6-4-3-5-7-9;2*1-9(2)8-10-6-4-3-5-7-10;1-7(2)10-8(3)9(4,5)6;1-7(2)9(5,6)10-8(3)4;1-7(2)9(3)8-5-4-6-8;1-7(2)9(6)8(3,4)5;1-5(2)11-6(3,4)7(8,9)10;1-6(2)8-7-4-3-5-7;1-6(2)8-7(3,4)5/h2*7-11H,3-6H2,1-2H3;3-8,10-11H,1-2H3;9-10H,3-8H2,1-2H3;3-7,9H,8H2,1-2H3;2*7-8,10H,1-6H3;7-8H,4-6H2,1-3H3;7H,1-6H3;5,11H,1-4H3;6-8H,3-5H2,1-2H3;6,8H,1-5H3. The average molecular weight is 1670 g/mol. The van der Waals surface area contributed by atoms with Crippen LogP contribution in [0, 0.1) is 58.7 Å². The summed E-state index contributed by atoms with van der Waals surface area (Å²) in [6.45, 7) is 85.5. The van der Waals surface area contributed by atoms with E-state index in [4.69, 9.17) is 0 Å². The number of aliphatic hydroxyl groups is 1. The minimum Gasteiger partial charge on any atom is -0.388 e. The molecule has 702 valence electrons. The number of fused-ring (bicyclic) bond motifs is 4. The van der Waals surface area contributed by atoms with Gasteiger partial charge in [0.15, 0.2) is 0 Å². The van der Waals surface area contributed by atoms with Crippen molar-refractivity contribution in [2.75, 3.05) is 14.1 Å². The van der Waals surface area contributed by atoms with Gasteiger partial charge in [-0.1, -0.05) is 292 Å². The average Bonchev–Trinajstić information content (AvgIpc) is 1.65. The Kier molecular flexibility index (Phi) is 62.3. The van der Waals surface area contributed by atoms with Crippen molar-refractivity contribution < 1.29 is 18.3 Å². The number of alkyl halides is 3. The fraction of sp³-hybridized carbons (Fsp3) is 0.886. The molecule has 10 nitrogen and oxygen atoms in total. The number of rotatable bonds is 23. The van der Waals surface area contributed by atoms with Gasteiger partial charge in [0.05, 0.1) is 6.10 Å². The zero-order chi connectivity index (χ0) is 92.0. The van der Waals surface area contributed by atoms with Crippen LogP contribution in [0.25, 0.3) is 0 Å².